The van der Waals surface area contributed by atoms with Gasteiger partial charge in [0, 0.05) is 16.5 Å². The molecule has 1 heteroatoms. The van der Waals surface area contributed by atoms with E-state index in [2.05, 4.69) is 139 Å². The van der Waals surface area contributed by atoms with Gasteiger partial charge in [-0.3, -0.25) is 0 Å². The molecular formula is C32H24N+. The van der Waals surface area contributed by atoms with Crippen LogP contribution in [0.4, 0.5) is 0 Å². The molecule has 1 nitrogen and oxygen atoms in total. The summed E-state index contributed by atoms with van der Waals surface area (Å²) in [4.78, 5) is 0. The Hall–Kier alpha value is -4.23. The summed E-state index contributed by atoms with van der Waals surface area (Å²) in [6.07, 6.45) is 2.28. The third kappa shape index (κ3) is 3.30. The van der Waals surface area contributed by atoms with Crippen LogP contribution in [0.15, 0.2) is 128 Å². The van der Waals surface area contributed by atoms with Gasteiger partial charge in [0.15, 0.2) is 6.20 Å². The summed E-state index contributed by atoms with van der Waals surface area (Å²) in [5.41, 5.74) is 9.88. The normalized spacial score (nSPS) is 11.2. The molecule has 156 valence electrons. The van der Waals surface area contributed by atoms with Crippen LogP contribution in [0.5, 0.6) is 0 Å². The van der Waals surface area contributed by atoms with Crippen molar-refractivity contribution < 1.29 is 4.40 Å². The van der Waals surface area contributed by atoms with Crippen molar-refractivity contribution in [1.29, 1.82) is 0 Å². The number of hydrogen-bond acceptors (Lipinski definition) is 0. The number of hydrogen-bond donors (Lipinski definition) is 0. The van der Waals surface area contributed by atoms with Gasteiger partial charge in [0.25, 0.3) is 0 Å². The van der Waals surface area contributed by atoms with Gasteiger partial charge >= 0.3 is 0 Å². The van der Waals surface area contributed by atoms with Crippen LogP contribution >= 0.6 is 0 Å². The molecule has 0 N–H and O–H groups in total. The van der Waals surface area contributed by atoms with E-state index in [9.17, 15) is 0 Å². The smallest absolute Gasteiger partial charge is 0.158 e. The number of fused-ring (bicyclic) bond motifs is 3. The van der Waals surface area contributed by atoms with Crippen LogP contribution in [-0.2, 0) is 0 Å². The van der Waals surface area contributed by atoms with Crippen LogP contribution in [-0.4, -0.2) is 0 Å². The molecular weight excluding hydrogens is 398 g/mol. The van der Waals surface area contributed by atoms with E-state index in [4.69, 9.17) is 0 Å². The molecule has 2 heterocycles. The highest BCUT2D eigenvalue weighted by atomic mass is 14.9. The van der Waals surface area contributed by atoms with Gasteiger partial charge in [-0.25, -0.2) is 0 Å². The molecule has 0 aliphatic carbocycles. The highest BCUT2D eigenvalue weighted by molar-refractivity contribution is 6.10. The Morgan fingerprint density at radius 2 is 1.03 bits per heavy atom. The summed E-state index contributed by atoms with van der Waals surface area (Å²) in [6, 6.07) is 43.4. The Balaban J connectivity index is 1.89. The Labute approximate surface area is 194 Å². The highest BCUT2D eigenvalue weighted by Gasteiger charge is 2.27. The fraction of sp³-hybridized carbons (Fsp3) is 0.0312. The van der Waals surface area contributed by atoms with Crippen molar-refractivity contribution in [2.75, 3.05) is 0 Å². The molecule has 0 spiro atoms. The predicted octanol–water partition coefficient (Wildman–Crippen LogP) is 7.89. The van der Waals surface area contributed by atoms with Gasteiger partial charge < -0.3 is 0 Å². The van der Waals surface area contributed by atoms with Crippen molar-refractivity contribution in [1.82, 2.24) is 0 Å². The molecule has 0 aliphatic rings. The molecule has 0 fully saturated rings. The lowest BCUT2D eigenvalue weighted by atomic mass is 9.90. The van der Waals surface area contributed by atoms with Gasteiger partial charge in [0.2, 0.25) is 11.2 Å². The minimum Gasteiger partial charge on any atom is -0.158 e. The molecule has 0 aliphatic heterocycles. The highest BCUT2D eigenvalue weighted by Crippen LogP contribution is 2.39. The van der Waals surface area contributed by atoms with E-state index in [1.54, 1.807) is 0 Å². The molecule has 0 amide bonds. The average molecular weight is 423 g/mol. The maximum absolute atomic E-state index is 2.41. The molecule has 4 aromatic carbocycles. The molecule has 2 aromatic heterocycles. The third-order valence-electron chi connectivity index (χ3n) is 6.32. The first-order chi connectivity index (χ1) is 16.3. The van der Waals surface area contributed by atoms with E-state index < -0.39 is 0 Å². The van der Waals surface area contributed by atoms with Crippen LogP contribution in [0.3, 0.4) is 0 Å². The Kier molecular flexibility index (Phi) is 4.74. The third-order valence-corrected chi connectivity index (χ3v) is 6.32. The first kappa shape index (κ1) is 19.5. The maximum atomic E-state index is 2.41. The van der Waals surface area contributed by atoms with Gasteiger partial charge in [-0.2, -0.15) is 4.40 Å². The van der Waals surface area contributed by atoms with E-state index in [1.807, 2.05) is 0 Å². The zero-order valence-electron chi connectivity index (χ0n) is 18.6. The summed E-state index contributed by atoms with van der Waals surface area (Å²) in [6.45, 7) is 2.19. The fourth-order valence-electron chi connectivity index (χ4n) is 4.95. The van der Waals surface area contributed by atoms with Crippen molar-refractivity contribution in [2.24, 2.45) is 0 Å². The summed E-state index contributed by atoms with van der Waals surface area (Å²) in [7, 11) is 0. The molecule has 0 radical (unpaired) electrons. The van der Waals surface area contributed by atoms with Crippen LogP contribution < -0.4 is 4.40 Å². The number of rotatable bonds is 3. The van der Waals surface area contributed by atoms with Crippen molar-refractivity contribution in [3.63, 3.8) is 0 Å². The Morgan fingerprint density at radius 3 is 1.67 bits per heavy atom. The summed E-state index contributed by atoms with van der Waals surface area (Å²) < 4.78 is 2.41. The standard InChI is InChI=1S/C32H24N/c1-23-21-29(24-13-5-2-6-14-24)32-28-20-12-11-19-27(28)30(25-15-7-3-8-16-25)31(33(32)22-23)26-17-9-4-10-18-26/h2-22H,1H3/q+1. The monoisotopic (exact) mass is 422 g/mol. The van der Waals surface area contributed by atoms with E-state index in [1.165, 1.54) is 55.4 Å². The van der Waals surface area contributed by atoms with Crippen LogP contribution in [0.1, 0.15) is 5.56 Å². The van der Waals surface area contributed by atoms with Crippen molar-refractivity contribution >= 4 is 16.3 Å². The lowest BCUT2D eigenvalue weighted by Gasteiger charge is -2.15. The van der Waals surface area contributed by atoms with Gasteiger partial charge in [-0.1, -0.05) is 97.1 Å². The number of aromatic nitrogens is 1. The fourth-order valence-corrected chi connectivity index (χ4v) is 4.95. The lowest BCUT2D eigenvalue weighted by molar-refractivity contribution is -0.497. The molecule has 0 bridgehead atoms. The minimum absolute atomic E-state index is 1.21. The number of aryl methyl sites for hydroxylation is 1. The molecule has 0 saturated carbocycles. The van der Waals surface area contributed by atoms with E-state index in [-0.39, 0.29) is 0 Å². The van der Waals surface area contributed by atoms with Crippen LogP contribution in [0.2, 0.25) is 0 Å². The molecule has 6 rings (SSSR count). The lowest BCUT2D eigenvalue weighted by Crippen LogP contribution is -2.27. The summed E-state index contributed by atoms with van der Waals surface area (Å²) in [5, 5.41) is 2.53. The summed E-state index contributed by atoms with van der Waals surface area (Å²) in [5.74, 6) is 0. The van der Waals surface area contributed by atoms with Crippen LogP contribution in [0, 0.1) is 6.92 Å². The SMILES string of the molecule is Cc1cc(-c2ccccc2)c2c3ccccc3c(-c3ccccc3)c(-c3ccccc3)[n+]2c1. The van der Waals surface area contributed by atoms with Gasteiger partial charge in [0.05, 0.1) is 16.5 Å². The quantitative estimate of drug-likeness (QED) is 0.202. The summed E-state index contributed by atoms with van der Waals surface area (Å²) >= 11 is 0. The zero-order chi connectivity index (χ0) is 22.2. The molecule has 0 atom stereocenters. The second-order valence-corrected chi connectivity index (χ2v) is 8.52. The van der Waals surface area contributed by atoms with Crippen molar-refractivity contribution in [3.8, 4) is 33.5 Å². The number of nitrogens with zero attached hydrogens (tertiary/aromatic N) is 1. The topological polar surface area (TPSA) is 4.10 Å². The Morgan fingerprint density at radius 1 is 0.515 bits per heavy atom. The molecule has 6 aromatic rings. The second-order valence-electron chi connectivity index (χ2n) is 8.52. The maximum Gasteiger partial charge on any atom is 0.226 e. The Bertz CT molecular complexity index is 1580. The van der Waals surface area contributed by atoms with E-state index in [0.29, 0.717) is 0 Å². The second kappa shape index (κ2) is 8.03. The number of benzene rings is 4. The predicted molar refractivity (Wildman–Crippen MR) is 138 cm³/mol. The minimum atomic E-state index is 1.21. The molecule has 0 saturated heterocycles. The van der Waals surface area contributed by atoms with Crippen molar-refractivity contribution in [2.45, 2.75) is 6.92 Å². The van der Waals surface area contributed by atoms with E-state index in [0.717, 1.165) is 0 Å². The van der Waals surface area contributed by atoms with Crippen molar-refractivity contribution in [3.05, 3.63) is 133 Å². The zero-order valence-corrected chi connectivity index (χ0v) is 18.6. The number of pyridine rings is 2. The molecule has 0 unspecified atom stereocenters. The average Bonchev–Trinajstić information content (AvgIpc) is 2.89. The van der Waals surface area contributed by atoms with Gasteiger partial charge in [-0.15, -0.1) is 0 Å². The largest absolute Gasteiger partial charge is 0.226 e. The van der Waals surface area contributed by atoms with Gasteiger partial charge in [-0.05, 0) is 42.3 Å². The first-order valence-corrected chi connectivity index (χ1v) is 11.4. The van der Waals surface area contributed by atoms with Crippen LogP contribution in [0.25, 0.3) is 49.8 Å². The van der Waals surface area contributed by atoms with Gasteiger partial charge in [0.1, 0.15) is 0 Å². The molecule has 33 heavy (non-hydrogen) atoms. The van der Waals surface area contributed by atoms with E-state index >= 15 is 0 Å². The first-order valence-electron chi connectivity index (χ1n) is 11.4.